The van der Waals surface area contributed by atoms with Gasteiger partial charge in [0.15, 0.2) is 5.84 Å². The number of rotatable bonds is 3. The van der Waals surface area contributed by atoms with Gasteiger partial charge in [-0.05, 0) is 26.1 Å². The molecule has 0 saturated carbocycles. The summed E-state index contributed by atoms with van der Waals surface area (Å²) < 4.78 is 0. The first-order valence-corrected chi connectivity index (χ1v) is 6.25. The smallest absolute Gasteiger partial charge is 0.226 e. The van der Waals surface area contributed by atoms with Gasteiger partial charge in [0.05, 0.1) is 0 Å². The van der Waals surface area contributed by atoms with Gasteiger partial charge in [0.1, 0.15) is 5.69 Å². The number of likely N-dealkylation sites (N-methyl/N-ethyl adjacent to an activating group) is 1. The van der Waals surface area contributed by atoms with E-state index in [0.717, 1.165) is 13.1 Å². The van der Waals surface area contributed by atoms with E-state index in [1.54, 1.807) is 12.3 Å². The number of hydrogen-bond donors (Lipinski definition) is 2. The van der Waals surface area contributed by atoms with Crippen molar-refractivity contribution in [2.24, 2.45) is 16.8 Å². The third-order valence-corrected chi connectivity index (χ3v) is 3.53. The molecule has 104 valence electrons. The number of aromatic nitrogens is 2. The van der Waals surface area contributed by atoms with E-state index in [-0.39, 0.29) is 5.84 Å². The van der Waals surface area contributed by atoms with Gasteiger partial charge in [0.2, 0.25) is 5.95 Å². The Kier molecular flexibility index (Phi) is 3.84. The van der Waals surface area contributed by atoms with Crippen LogP contribution in [0.1, 0.15) is 12.6 Å². The molecule has 1 aliphatic rings. The van der Waals surface area contributed by atoms with E-state index in [9.17, 15) is 0 Å². The molecule has 2 unspecified atom stereocenters. The van der Waals surface area contributed by atoms with Gasteiger partial charge in [-0.25, -0.2) is 9.97 Å². The van der Waals surface area contributed by atoms with E-state index in [0.29, 0.717) is 23.6 Å². The van der Waals surface area contributed by atoms with Crippen molar-refractivity contribution in [3.05, 3.63) is 18.0 Å². The van der Waals surface area contributed by atoms with Crippen LogP contribution in [0.2, 0.25) is 0 Å². The highest BCUT2D eigenvalue weighted by atomic mass is 16.4. The lowest BCUT2D eigenvalue weighted by Crippen LogP contribution is -2.34. The summed E-state index contributed by atoms with van der Waals surface area (Å²) in [6, 6.07) is 2.11. The molecule has 0 aromatic carbocycles. The number of anilines is 1. The lowest BCUT2D eigenvalue weighted by molar-refractivity contribution is 0.266. The maximum absolute atomic E-state index is 8.68. The Labute approximate surface area is 112 Å². The van der Waals surface area contributed by atoms with Gasteiger partial charge in [0, 0.05) is 25.3 Å². The molecular weight excluding hydrogens is 244 g/mol. The molecule has 0 spiro atoms. The molecule has 0 amide bonds. The minimum Gasteiger partial charge on any atom is -0.409 e. The molecule has 19 heavy (non-hydrogen) atoms. The molecule has 1 aromatic rings. The van der Waals surface area contributed by atoms with Crippen molar-refractivity contribution >= 4 is 11.8 Å². The zero-order valence-corrected chi connectivity index (χ0v) is 11.5. The summed E-state index contributed by atoms with van der Waals surface area (Å²) in [7, 11) is 4.16. The largest absolute Gasteiger partial charge is 0.409 e. The van der Waals surface area contributed by atoms with E-state index in [1.807, 2.05) is 0 Å². The molecule has 7 nitrogen and oxygen atoms in total. The van der Waals surface area contributed by atoms with Crippen LogP contribution in [0.4, 0.5) is 5.95 Å². The average Bonchev–Trinajstić information content (AvgIpc) is 2.80. The summed E-state index contributed by atoms with van der Waals surface area (Å²) in [6.45, 7) is 4.01. The molecule has 1 aliphatic heterocycles. The van der Waals surface area contributed by atoms with Crippen molar-refractivity contribution in [2.75, 3.05) is 32.1 Å². The van der Waals surface area contributed by atoms with Gasteiger partial charge in [-0.3, -0.25) is 0 Å². The molecule has 0 bridgehead atoms. The van der Waals surface area contributed by atoms with Crippen molar-refractivity contribution in [3.8, 4) is 0 Å². The highest BCUT2D eigenvalue weighted by molar-refractivity contribution is 5.95. The van der Waals surface area contributed by atoms with Crippen LogP contribution in [-0.4, -0.2) is 59.1 Å². The van der Waals surface area contributed by atoms with E-state index >= 15 is 0 Å². The van der Waals surface area contributed by atoms with Crippen LogP contribution >= 0.6 is 0 Å². The molecule has 3 N–H and O–H groups in total. The molecule has 1 aromatic heterocycles. The molecule has 1 saturated heterocycles. The third kappa shape index (κ3) is 2.76. The number of nitrogens with zero attached hydrogens (tertiary/aromatic N) is 5. The summed E-state index contributed by atoms with van der Waals surface area (Å²) in [4.78, 5) is 13.0. The predicted molar refractivity (Wildman–Crippen MR) is 73.4 cm³/mol. The third-order valence-electron chi connectivity index (χ3n) is 3.53. The van der Waals surface area contributed by atoms with Crippen LogP contribution in [0, 0.1) is 5.92 Å². The Hall–Kier alpha value is -1.89. The first kappa shape index (κ1) is 13.5. The fourth-order valence-corrected chi connectivity index (χ4v) is 2.48. The number of oxime groups is 1. The second kappa shape index (κ2) is 5.40. The van der Waals surface area contributed by atoms with Crippen molar-refractivity contribution in [2.45, 2.75) is 13.0 Å². The van der Waals surface area contributed by atoms with Crippen molar-refractivity contribution in [3.63, 3.8) is 0 Å². The Morgan fingerprint density at radius 2 is 2.26 bits per heavy atom. The lowest BCUT2D eigenvalue weighted by Gasteiger charge is -2.22. The Bertz CT molecular complexity index is 475. The zero-order valence-electron chi connectivity index (χ0n) is 11.5. The summed E-state index contributed by atoms with van der Waals surface area (Å²) in [5.41, 5.74) is 5.99. The fourth-order valence-electron chi connectivity index (χ4n) is 2.48. The van der Waals surface area contributed by atoms with Gasteiger partial charge in [-0.2, -0.15) is 0 Å². The minimum absolute atomic E-state index is 0.0000509. The van der Waals surface area contributed by atoms with Crippen LogP contribution in [0.3, 0.4) is 0 Å². The molecule has 7 heteroatoms. The van der Waals surface area contributed by atoms with Crippen LogP contribution < -0.4 is 10.6 Å². The first-order chi connectivity index (χ1) is 9.02. The van der Waals surface area contributed by atoms with E-state index in [2.05, 4.69) is 45.9 Å². The Morgan fingerprint density at radius 1 is 1.53 bits per heavy atom. The van der Waals surface area contributed by atoms with Gasteiger partial charge in [-0.15, -0.1) is 0 Å². The molecule has 1 fully saturated rings. The maximum atomic E-state index is 8.68. The topological polar surface area (TPSA) is 90.9 Å². The van der Waals surface area contributed by atoms with Gasteiger partial charge < -0.3 is 20.7 Å². The first-order valence-electron chi connectivity index (χ1n) is 6.25. The highest BCUT2D eigenvalue weighted by Gasteiger charge is 2.32. The summed E-state index contributed by atoms with van der Waals surface area (Å²) >= 11 is 0. The molecular formula is C12H20N6O. The highest BCUT2D eigenvalue weighted by Crippen LogP contribution is 2.23. The monoisotopic (exact) mass is 264 g/mol. The van der Waals surface area contributed by atoms with Crippen LogP contribution in [0.25, 0.3) is 0 Å². The Balaban J connectivity index is 2.20. The standard InChI is InChI=1S/C12H20N6O/c1-8-6-18(7-10(8)17(2)3)12-14-5-4-9(15-12)11(13)16-19/h4-5,8,10,19H,6-7H2,1-3H3,(H2,13,16). The average molecular weight is 264 g/mol. The van der Waals surface area contributed by atoms with E-state index < -0.39 is 0 Å². The SMILES string of the molecule is CC1CN(c2nccc(/C(N)=N/O)n2)CC1N(C)C. The summed E-state index contributed by atoms with van der Waals surface area (Å²) in [5, 5.41) is 11.6. The van der Waals surface area contributed by atoms with Gasteiger partial charge in [0.25, 0.3) is 0 Å². The molecule has 0 radical (unpaired) electrons. The minimum atomic E-state index is 0.0000509. The van der Waals surface area contributed by atoms with E-state index in [4.69, 9.17) is 10.9 Å². The quantitative estimate of drug-likeness (QED) is 0.344. The van der Waals surface area contributed by atoms with Crippen molar-refractivity contribution in [1.29, 1.82) is 0 Å². The second-order valence-electron chi connectivity index (χ2n) is 5.14. The summed E-state index contributed by atoms with van der Waals surface area (Å²) in [6.07, 6.45) is 1.63. The predicted octanol–water partition coefficient (Wildman–Crippen LogP) is -0.0426. The normalized spacial score (nSPS) is 24.2. The second-order valence-corrected chi connectivity index (χ2v) is 5.14. The summed E-state index contributed by atoms with van der Waals surface area (Å²) in [5.74, 6) is 1.17. The van der Waals surface area contributed by atoms with Crippen molar-refractivity contribution < 1.29 is 5.21 Å². The fraction of sp³-hybridized carbons (Fsp3) is 0.583. The lowest BCUT2D eigenvalue weighted by atomic mass is 10.1. The van der Waals surface area contributed by atoms with Crippen LogP contribution in [0.5, 0.6) is 0 Å². The number of hydrogen-bond acceptors (Lipinski definition) is 6. The maximum Gasteiger partial charge on any atom is 0.226 e. The van der Waals surface area contributed by atoms with Crippen LogP contribution in [0.15, 0.2) is 17.4 Å². The van der Waals surface area contributed by atoms with Crippen molar-refractivity contribution in [1.82, 2.24) is 14.9 Å². The van der Waals surface area contributed by atoms with Crippen LogP contribution in [-0.2, 0) is 0 Å². The molecule has 0 aliphatic carbocycles. The number of nitrogens with two attached hydrogens (primary N) is 1. The Morgan fingerprint density at radius 3 is 2.84 bits per heavy atom. The van der Waals surface area contributed by atoms with E-state index in [1.165, 1.54) is 0 Å². The van der Waals surface area contributed by atoms with Gasteiger partial charge >= 0.3 is 0 Å². The van der Waals surface area contributed by atoms with Gasteiger partial charge in [-0.1, -0.05) is 12.1 Å². The number of amidine groups is 1. The zero-order chi connectivity index (χ0) is 14.0. The molecule has 2 heterocycles. The molecule has 2 rings (SSSR count). The molecule has 2 atom stereocenters.